The molecule has 2 rings (SSSR count). The molecule has 0 atom stereocenters. The fourth-order valence-electron chi connectivity index (χ4n) is 2.45. The number of carbonyl (C=O) groups excluding carboxylic acids is 1. The molecule has 1 N–H and O–H groups in total. The van der Waals surface area contributed by atoms with Crippen LogP contribution in [0, 0.1) is 0 Å². The minimum Gasteiger partial charge on any atom is -0.396 e. The summed E-state index contributed by atoms with van der Waals surface area (Å²) in [5.74, 6) is -0.124. The number of aromatic nitrogens is 2. The van der Waals surface area contributed by atoms with E-state index in [1.54, 1.807) is 34.1 Å². The number of halogens is 2. The van der Waals surface area contributed by atoms with Crippen LogP contribution in [0.1, 0.15) is 22.3 Å². The highest BCUT2D eigenvalue weighted by atomic mass is 35.5. The summed E-state index contributed by atoms with van der Waals surface area (Å²) in [6.07, 6.45) is 3.84. The van der Waals surface area contributed by atoms with Crippen molar-refractivity contribution in [2.45, 2.75) is 19.5 Å². The molecule has 0 spiro atoms. The van der Waals surface area contributed by atoms with Gasteiger partial charge in [-0.1, -0.05) is 29.3 Å². The molecule has 2 aromatic rings. The van der Waals surface area contributed by atoms with Crippen LogP contribution in [0.2, 0.25) is 10.0 Å². The van der Waals surface area contributed by atoms with Gasteiger partial charge in [0.25, 0.3) is 5.91 Å². The lowest BCUT2D eigenvalue weighted by Gasteiger charge is -2.22. The molecule has 1 aromatic heterocycles. The standard InChI is InChI=1S/C18H24Cl2N4O2/c1-22(2)7-8-24-13-15(11-21-24)18(26)23(6-3-9-25)12-14-4-5-16(19)17(20)10-14/h4-5,10-11,13,25H,3,6-9,12H2,1-2H3. The predicted octanol–water partition coefficient (Wildman–Crippen LogP) is 2.78. The number of likely N-dealkylation sites (N-methyl/N-ethyl adjacent to an activating group) is 1. The first kappa shape index (κ1) is 20.7. The molecule has 1 aromatic carbocycles. The lowest BCUT2D eigenvalue weighted by atomic mass is 10.2. The molecule has 0 saturated heterocycles. The van der Waals surface area contributed by atoms with Gasteiger partial charge in [0.2, 0.25) is 0 Å². The molecule has 0 aliphatic carbocycles. The summed E-state index contributed by atoms with van der Waals surface area (Å²) < 4.78 is 1.76. The Morgan fingerprint density at radius 1 is 1.23 bits per heavy atom. The van der Waals surface area contributed by atoms with Crippen molar-refractivity contribution in [3.63, 3.8) is 0 Å². The fourth-order valence-corrected chi connectivity index (χ4v) is 2.77. The minimum absolute atomic E-state index is 0.0211. The summed E-state index contributed by atoms with van der Waals surface area (Å²) in [5, 5.41) is 14.3. The number of nitrogens with zero attached hydrogens (tertiary/aromatic N) is 4. The second kappa shape index (κ2) is 9.92. The Balaban J connectivity index is 2.11. The minimum atomic E-state index is -0.124. The van der Waals surface area contributed by atoms with Gasteiger partial charge in [-0.2, -0.15) is 5.10 Å². The first-order valence-electron chi connectivity index (χ1n) is 8.42. The predicted molar refractivity (Wildman–Crippen MR) is 104 cm³/mol. The Bertz CT molecular complexity index is 734. The lowest BCUT2D eigenvalue weighted by Crippen LogP contribution is -2.31. The summed E-state index contributed by atoms with van der Waals surface area (Å²) in [6, 6.07) is 5.31. The molecule has 0 radical (unpaired) electrons. The van der Waals surface area contributed by atoms with Crippen molar-refractivity contribution in [2.24, 2.45) is 0 Å². The van der Waals surface area contributed by atoms with Crippen LogP contribution in [-0.4, -0.2) is 64.4 Å². The fraction of sp³-hybridized carbons (Fsp3) is 0.444. The number of hydrogen-bond acceptors (Lipinski definition) is 4. The zero-order chi connectivity index (χ0) is 19.1. The maximum atomic E-state index is 12.9. The van der Waals surface area contributed by atoms with E-state index in [2.05, 4.69) is 10.00 Å². The molecule has 1 amide bonds. The molecule has 6 nitrogen and oxygen atoms in total. The lowest BCUT2D eigenvalue weighted by molar-refractivity contribution is 0.0732. The Morgan fingerprint density at radius 3 is 2.65 bits per heavy atom. The van der Waals surface area contributed by atoms with Crippen LogP contribution in [0.3, 0.4) is 0 Å². The molecular weight excluding hydrogens is 375 g/mol. The highest BCUT2D eigenvalue weighted by molar-refractivity contribution is 6.42. The van der Waals surface area contributed by atoms with Crippen LogP contribution in [0.4, 0.5) is 0 Å². The van der Waals surface area contributed by atoms with Crippen molar-refractivity contribution in [2.75, 3.05) is 33.8 Å². The molecule has 0 saturated carbocycles. The number of aliphatic hydroxyl groups excluding tert-OH is 1. The second-order valence-electron chi connectivity index (χ2n) is 6.35. The molecular formula is C18H24Cl2N4O2. The van der Waals surface area contributed by atoms with Gasteiger partial charge in [-0.3, -0.25) is 9.48 Å². The van der Waals surface area contributed by atoms with Crippen molar-refractivity contribution in [1.82, 2.24) is 19.6 Å². The summed E-state index contributed by atoms with van der Waals surface area (Å²) in [4.78, 5) is 16.6. The maximum absolute atomic E-state index is 12.9. The number of rotatable bonds is 9. The SMILES string of the molecule is CN(C)CCn1cc(C(=O)N(CCCO)Cc2ccc(Cl)c(Cl)c2)cn1. The topological polar surface area (TPSA) is 61.6 Å². The third kappa shape index (κ3) is 5.99. The van der Waals surface area contributed by atoms with Gasteiger partial charge in [-0.25, -0.2) is 0 Å². The first-order valence-corrected chi connectivity index (χ1v) is 9.17. The summed E-state index contributed by atoms with van der Waals surface area (Å²) in [7, 11) is 3.98. The van der Waals surface area contributed by atoms with Crippen LogP contribution in [-0.2, 0) is 13.1 Å². The molecule has 0 unspecified atom stereocenters. The number of aliphatic hydroxyl groups is 1. The van der Waals surface area contributed by atoms with Gasteiger partial charge in [0, 0.05) is 32.4 Å². The van der Waals surface area contributed by atoms with E-state index in [9.17, 15) is 4.79 Å². The van der Waals surface area contributed by atoms with Crippen molar-refractivity contribution in [3.8, 4) is 0 Å². The summed E-state index contributed by atoms with van der Waals surface area (Å²) in [5.41, 5.74) is 1.41. The quantitative estimate of drug-likeness (QED) is 0.705. The van der Waals surface area contributed by atoms with Gasteiger partial charge in [0.1, 0.15) is 0 Å². The highest BCUT2D eigenvalue weighted by Gasteiger charge is 2.18. The highest BCUT2D eigenvalue weighted by Crippen LogP contribution is 2.23. The first-order chi connectivity index (χ1) is 12.4. The monoisotopic (exact) mass is 398 g/mol. The van der Waals surface area contributed by atoms with E-state index in [0.717, 1.165) is 12.1 Å². The summed E-state index contributed by atoms with van der Waals surface area (Å²) >= 11 is 12.0. The molecule has 0 aliphatic heterocycles. The van der Waals surface area contributed by atoms with Gasteiger partial charge < -0.3 is 14.9 Å². The van der Waals surface area contributed by atoms with E-state index >= 15 is 0 Å². The Labute approximate surface area is 163 Å². The average Bonchev–Trinajstić information content (AvgIpc) is 3.08. The van der Waals surface area contributed by atoms with E-state index < -0.39 is 0 Å². The van der Waals surface area contributed by atoms with E-state index in [-0.39, 0.29) is 12.5 Å². The third-order valence-electron chi connectivity index (χ3n) is 3.89. The van der Waals surface area contributed by atoms with Crippen molar-refractivity contribution < 1.29 is 9.90 Å². The van der Waals surface area contributed by atoms with Gasteiger partial charge in [0.15, 0.2) is 0 Å². The largest absolute Gasteiger partial charge is 0.396 e. The normalized spacial score (nSPS) is 11.2. The van der Waals surface area contributed by atoms with Gasteiger partial charge >= 0.3 is 0 Å². The zero-order valence-electron chi connectivity index (χ0n) is 15.0. The number of amides is 1. The van der Waals surface area contributed by atoms with Crippen LogP contribution in [0.15, 0.2) is 30.6 Å². The number of hydrogen-bond donors (Lipinski definition) is 1. The molecule has 142 valence electrons. The van der Waals surface area contributed by atoms with E-state index in [0.29, 0.717) is 41.7 Å². The van der Waals surface area contributed by atoms with Gasteiger partial charge in [0.05, 0.1) is 28.4 Å². The van der Waals surface area contributed by atoms with Gasteiger partial charge in [-0.05, 0) is 38.2 Å². The van der Waals surface area contributed by atoms with Crippen LogP contribution >= 0.6 is 23.2 Å². The Hall–Kier alpha value is -1.60. The molecule has 0 fully saturated rings. The second-order valence-corrected chi connectivity index (χ2v) is 7.16. The molecule has 0 bridgehead atoms. The van der Waals surface area contributed by atoms with Crippen LogP contribution < -0.4 is 0 Å². The average molecular weight is 399 g/mol. The van der Waals surface area contributed by atoms with Gasteiger partial charge in [-0.15, -0.1) is 0 Å². The number of carbonyl (C=O) groups is 1. The Kier molecular flexibility index (Phi) is 7.90. The molecule has 8 heteroatoms. The van der Waals surface area contributed by atoms with Crippen LogP contribution in [0.25, 0.3) is 0 Å². The molecule has 26 heavy (non-hydrogen) atoms. The third-order valence-corrected chi connectivity index (χ3v) is 4.63. The maximum Gasteiger partial charge on any atom is 0.257 e. The van der Waals surface area contributed by atoms with E-state index in [1.807, 2.05) is 20.2 Å². The smallest absolute Gasteiger partial charge is 0.257 e. The summed E-state index contributed by atoms with van der Waals surface area (Å²) in [6.45, 7) is 2.40. The van der Waals surface area contributed by atoms with Crippen molar-refractivity contribution >= 4 is 29.1 Å². The molecule has 1 heterocycles. The van der Waals surface area contributed by atoms with Crippen molar-refractivity contribution in [3.05, 3.63) is 51.8 Å². The molecule has 0 aliphatic rings. The Morgan fingerprint density at radius 2 is 2.00 bits per heavy atom. The zero-order valence-corrected chi connectivity index (χ0v) is 16.5. The number of benzene rings is 1. The van der Waals surface area contributed by atoms with Crippen molar-refractivity contribution in [1.29, 1.82) is 0 Å². The van der Waals surface area contributed by atoms with E-state index in [4.69, 9.17) is 28.3 Å². The van der Waals surface area contributed by atoms with Crippen LogP contribution in [0.5, 0.6) is 0 Å². The van der Waals surface area contributed by atoms with E-state index in [1.165, 1.54) is 0 Å².